The van der Waals surface area contributed by atoms with Gasteiger partial charge in [-0.05, 0) is 43.0 Å². The first-order chi connectivity index (χ1) is 10.5. The molecule has 0 atom stereocenters. The maximum atomic E-state index is 12.9. The van der Waals surface area contributed by atoms with E-state index in [1.165, 1.54) is 23.1 Å². The van der Waals surface area contributed by atoms with Crippen molar-refractivity contribution in [2.45, 2.75) is 19.8 Å². The number of nitrogens with zero attached hydrogens (tertiary/aromatic N) is 2. The Hall–Kier alpha value is -2.17. The van der Waals surface area contributed by atoms with Gasteiger partial charge in [-0.25, -0.2) is 4.39 Å². The fourth-order valence-electron chi connectivity index (χ4n) is 2.44. The summed E-state index contributed by atoms with van der Waals surface area (Å²) in [5.41, 5.74) is 1.53. The first-order valence-corrected chi connectivity index (χ1v) is 7.44. The Balaban J connectivity index is 1.96. The Kier molecular flexibility index (Phi) is 5.31. The number of amides is 2. The Morgan fingerprint density at radius 1 is 1.23 bits per heavy atom. The highest BCUT2D eigenvalue weighted by Gasteiger charge is 2.20. The third-order valence-electron chi connectivity index (χ3n) is 3.85. The molecule has 0 N–H and O–H groups in total. The highest BCUT2D eigenvalue weighted by atomic mass is 19.1. The SMILES string of the molecule is C/C(=C/C(=O)N(C)CC(=O)N1CCCC1)c1ccc(F)cc1. The minimum atomic E-state index is -0.309. The molecule has 118 valence electrons. The predicted octanol–water partition coefficient (Wildman–Crippen LogP) is 2.31. The third-order valence-corrected chi connectivity index (χ3v) is 3.85. The maximum absolute atomic E-state index is 12.9. The van der Waals surface area contributed by atoms with Crippen LogP contribution in [0.3, 0.4) is 0 Å². The van der Waals surface area contributed by atoms with Crippen molar-refractivity contribution in [3.05, 3.63) is 41.7 Å². The summed E-state index contributed by atoms with van der Waals surface area (Å²) < 4.78 is 12.9. The van der Waals surface area contributed by atoms with Crippen LogP contribution in [0.5, 0.6) is 0 Å². The van der Waals surface area contributed by atoms with Crippen LogP contribution < -0.4 is 0 Å². The first kappa shape index (κ1) is 16.2. The standard InChI is InChI=1S/C17H21FN2O2/c1-13(14-5-7-15(18)8-6-14)11-16(21)19(2)12-17(22)20-9-3-4-10-20/h5-8,11H,3-4,9-10,12H2,1-2H3/b13-11-. The predicted molar refractivity (Wildman–Crippen MR) is 83.5 cm³/mol. The topological polar surface area (TPSA) is 40.6 Å². The summed E-state index contributed by atoms with van der Waals surface area (Å²) in [4.78, 5) is 27.4. The van der Waals surface area contributed by atoms with Gasteiger partial charge in [0.15, 0.2) is 0 Å². The fourth-order valence-corrected chi connectivity index (χ4v) is 2.44. The number of hydrogen-bond acceptors (Lipinski definition) is 2. The normalized spacial score (nSPS) is 15.0. The van der Waals surface area contributed by atoms with Crippen LogP contribution in [0.1, 0.15) is 25.3 Å². The lowest BCUT2D eigenvalue weighted by molar-refractivity contribution is -0.136. The molecule has 0 radical (unpaired) electrons. The Morgan fingerprint density at radius 3 is 2.41 bits per heavy atom. The van der Waals surface area contributed by atoms with Crippen LogP contribution in [0, 0.1) is 5.82 Å². The number of benzene rings is 1. The zero-order chi connectivity index (χ0) is 16.1. The fraction of sp³-hybridized carbons (Fsp3) is 0.412. The Morgan fingerprint density at radius 2 is 1.82 bits per heavy atom. The molecule has 0 saturated carbocycles. The number of carbonyl (C=O) groups is 2. The summed E-state index contributed by atoms with van der Waals surface area (Å²) in [6, 6.07) is 5.98. The number of likely N-dealkylation sites (N-methyl/N-ethyl adjacent to an activating group) is 1. The monoisotopic (exact) mass is 304 g/mol. The van der Waals surface area contributed by atoms with Crippen molar-refractivity contribution in [3.63, 3.8) is 0 Å². The van der Waals surface area contributed by atoms with Gasteiger partial charge in [-0.2, -0.15) is 0 Å². The largest absolute Gasteiger partial charge is 0.341 e. The molecule has 1 heterocycles. The molecule has 1 saturated heterocycles. The number of rotatable bonds is 4. The highest BCUT2D eigenvalue weighted by Crippen LogP contribution is 2.14. The van der Waals surface area contributed by atoms with Crippen LogP contribution in [0.4, 0.5) is 4.39 Å². The van der Waals surface area contributed by atoms with Gasteiger partial charge >= 0.3 is 0 Å². The number of likely N-dealkylation sites (tertiary alicyclic amines) is 1. The lowest BCUT2D eigenvalue weighted by Crippen LogP contribution is -2.39. The molecule has 1 aliphatic rings. The summed E-state index contributed by atoms with van der Waals surface area (Å²) in [7, 11) is 1.62. The van der Waals surface area contributed by atoms with E-state index in [1.807, 2.05) is 0 Å². The quantitative estimate of drug-likeness (QED) is 0.801. The smallest absolute Gasteiger partial charge is 0.247 e. The van der Waals surface area contributed by atoms with Crippen LogP contribution in [0.25, 0.3) is 5.57 Å². The second kappa shape index (κ2) is 7.20. The van der Waals surface area contributed by atoms with Crippen molar-refractivity contribution in [1.82, 2.24) is 9.80 Å². The van der Waals surface area contributed by atoms with Crippen molar-refractivity contribution in [2.24, 2.45) is 0 Å². The number of carbonyl (C=O) groups excluding carboxylic acids is 2. The lowest BCUT2D eigenvalue weighted by Gasteiger charge is -2.20. The second-order valence-corrected chi connectivity index (χ2v) is 5.62. The number of allylic oxidation sites excluding steroid dienone is 1. The van der Waals surface area contributed by atoms with E-state index in [0.29, 0.717) is 0 Å². The maximum Gasteiger partial charge on any atom is 0.247 e. The molecule has 0 unspecified atom stereocenters. The first-order valence-electron chi connectivity index (χ1n) is 7.44. The van der Waals surface area contributed by atoms with Crippen molar-refractivity contribution >= 4 is 17.4 Å². The molecule has 22 heavy (non-hydrogen) atoms. The number of halogens is 1. The van der Waals surface area contributed by atoms with E-state index in [4.69, 9.17) is 0 Å². The molecule has 0 aromatic heterocycles. The van der Waals surface area contributed by atoms with E-state index in [9.17, 15) is 14.0 Å². The van der Waals surface area contributed by atoms with Crippen LogP contribution in [0.15, 0.2) is 30.3 Å². The summed E-state index contributed by atoms with van der Waals surface area (Å²) >= 11 is 0. The Labute approximate surface area is 130 Å². The van der Waals surface area contributed by atoms with Gasteiger partial charge in [0.05, 0.1) is 6.54 Å². The molecule has 1 aromatic rings. The molecule has 0 bridgehead atoms. The molecule has 4 nitrogen and oxygen atoms in total. The number of hydrogen-bond donors (Lipinski definition) is 0. The average molecular weight is 304 g/mol. The van der Waals surface area contributed by atoms with Gasteiger partial charge in [-0.1, -0.05) is 12.1 Å². The van der Waals surface area contributed by atoms with Crippen molar-refractivity contribution in [3.8, 4) is 0 Å². The molecular formula is C17H21FN2O2. The highest BCUT2D eigenvalue weighted by molar-refractivity contribution is 5.96. The lowest BCUT2D eigenvalue weighted by atomic mass is 10.1. The van der Waals surface area contributed by atoms with Crippen molar-refractivity contribution < 1.29 is 14.0 Å². The second-order valence-electron chi connectivity index (χ2n) is 5.62. The van der Waals surface area contributed by atoms with Crippen LogP contribution in [-0.2, 0) is 9.59 Å². The van der Waals surface area contributed by atoms with Crippen molar-refractivity contribution in [2.75, 3.05) is 26.7 Å². The van der Waals surface area contributed by atoms with Gasteiger partial charge in [0, 0.05) is 26.2 Å². The van der Waals surface area contributed by atoms with Gasteiger partial charge in [0.25, 0.3) is 0 Å². The average Bonchev–Trinajstić information content (AvgIpc) is 3.02. The van der Waals surface area contributed by atoms with Crippen LogP contribution in [-0.4, -0.2) is 48.3 Å². The molecule has 5 heteroatoms. The van der Waals surface area contributed by atoms with E-state index < -0.39 is 0 Å². The van der Waals surface area contributed by atoms with Gasteiger partial charge in [-0.3, -0.25) is 9.59 Å². The van der Waals surface area contributed by atoms with E-state index in [-0.39, 0.29) is 24.2 Å². The molecular weight excluding hydrogens is 283 g/mol. The van der Waals surface area contributed by atoms with E-state index in [1.54, 1.807) is 31.0 Å². The molecule has 0 aliphatic carbocycles. The Bertz CT molecular complexity index is 575. The molecule has 0 spiro atoms. The summed E-state index contributed by atoms with van der Waals surface area (Å²) in [6.07, 6.45) is 3.55. The van der Waals surface area contributed by atoms with Crippen LogP contribution >= 0.6 is 0 Å². The van der Waals surface area contributed by atoms with Gasteiger partial charge < -0.3 is 9.80 Å². The molecule has 2 rings (SSSR count). The molecule has 1 aliphatic heterocycles. The molecule has 1 aromatic carbocycles. The minimum Gasteiger partial charge on any atom is -0.341 e. The molecule has 1 fully saturated rings. The van der Waals surface area contributed by atoms with E-state index in [2.05, 4.69) is 0 Å². The molecule has 2 amide bonds. The van der Waals surface area contributed by atoms with Gasteiger partial charge in [0.1, 0.15) is 5.82 Å². The summed E-state index contributed by atoms with van der Waals surface area (Å²) in [6.45, 7) is 3.45. The summed E-state index contributed by atoms with van der Waals surface area (Å²) in [5, 5.41) is 0. The van der Waals surface area contributed by atoms with Gasteiger partial charge in [-0.15, -0.1) is 0 Å². The van der Waals surface area contributed by atoms with E-state index in [0.717, 1.165) is 37.1 Å². The zero-order valence-electron chi connectivity index (χ0n) is 13.0. The van der Waals surface area contributed by atoms with E-state index >= 15 is 0 Å². The van der Waals surface area contributed by atoms with Crippen molar-refractivity contribution in [1.29, 1.82) is 0 Å². The summed E-state index contributed by atoms with van der Waals surface area (Å²) in [5.74, 6) is -0.549. The van der Waals surface area contributed by atoms with Gasteiger partial charge in [0.2, 0.25) is 11.8 Å². The third kappa shape index (κ3) is 4.16. The van der Waals surface area contributed by atoms with Crippen LogP contribution in [0.2, 0.25) is 0 Å². The zero-order valence-corrected chi connectivity index (χ0v) is 13.0. The minimum absolute atomic E-state index is 0.0128.